The topological polar surface area (TPSA) is 76.7 Å². The van der Waals surface area contributed by atoms with Crippen LogP contribution in [0.2, 0.25) is 0 Å². The van der Waals surface area contributed by atoms with E-state index < -0.39 is 0 Å². The summed E-state index contributed by atoms with van der Waals surface area (Å²) in [4.78, 5) is 24.3. The highest BCUT2D eigenvalue weighted by Crippen LogP contribution is 2.13. The monoisotopic (exact) mass is 440 g/mol. The van der Waals surface area contributed by atoms with Crippen LogP contribution in [0, 0.1) is 0 Å². The van der Waals surface area contributed by atoms with E-state index in [1.165, 1.54) is 0 Å². The van der Waals surface area contributed by atoms with Gasteiger partial charge in [-0.25, -0.2) is 0 Å². The zero-order valence-electron chi connectivity index (χ0n) is 19.3. The Bertz CT molecular complexity index is 734. The number of hydrogen-bond donors (Lipinski definition) is 2. The molecule has 0 heterocycles. The molecule has 6 nitrogen and oxygen atoms in total. The predicted octanol–water partition coefficient (Wildman–Crippen LogP) is 4.98. The minimum absolute atomic E-state index is 0.0451. The lowest BCUT2D eigenvalue weighted by Crippen LogP contribution is -2.24. The fourth-order valence-electron chi connectivity index (χ4n) is 3.30. The Morgan fingerprint density at radius 2 is 0.938 bits per heavy atom. The van der Waals surface area contributed by atoms with Gasteiger partial charge in [-0.1, -0.05) is 25.7 Å². The van der Waals surface area contributed by atoms with E-state index in [1.807, 2.05) is 38.1 Å². The first-order chi connectivity index (χ1) is 15.6. The van der Waals surface area contributed by atoms with Crippen LogP contribution in [0.1, 0.15) is 73.1 Å². The molecular weight excluding hydrogens is 404 g/mol. The maximum Gasteiger partial charge on any atom is 0.251 e. The Balaban J connectivity index is 1.46. The molecule has 2 amide bonds. The summed E-state index contributed by atoms with van der Waals surface area (Å²) in [7, 11) is 0. The van der Waals surface area contributed by atoms with Crippen molar-refractivity contribution in [3.8, 4) is 11.5 Å². The molecule has 0 aliphatic carbocycles. The first kappa shape index (κ1) is 25.2. The third-order valence-electron chi connectivity index (χ3n) is 5.03. The molecule has 0 aromatic heterocycles. The van der Waals surface area contributed by atoms with Gasteiger partial charge in [0, 0.05) is 24.2 Å². The lowest BCUT2D eigenvalue weighted by Gasteiger charge is -2.08. The number of ether oxygens (including phenoxy) is 2. The van der Waals surface area contributed by atoms with Crippen molar-refractivity contribution in [2.24, 2.45) is 0 Å². The molecule has 2 rings (SSSR count). The normalized spacial score (nSPS) is 10.4. The molecule has 0 saturated heterocycles. The van der Waals surface area contributed by atoms with Crippen LogP contribution in [0.25, 0.3) is 0 Å². The molecule has 0 atom stereocenters. The van der Waals surface area contributed by atoms with E-state index >= 15 is 0 Å². The number of amides is 2. The van der Waals surface area contributed by atoms with Gasteiger partial charge in [0.2, 0.25) is 0 Å². The molecule has 0 fully saturated rings. The summed E-state index contributed by atoms with van der Waals surface area (Å²) in [6.45, 7) is 6.47. The molecule has 2 aromatic rings. The van der Waals surface area contributed by atoms with Gasteiger partial charge in [0.25, 0.3) is 11.8 Å². The number of hydrogen-bond acceptors (Lipinski definition) is 4. The summed E-state index contributed by atoms with van der Waals surface area (Å²) in [5.74, 6) is 1.47. The Labute approximate surface area is 191 Å². The van der Waals surface area contributed by atoms with Crippen LogP contribution in [-0.2, 0) is 0 Å². The first-order valence-corrected chi connectivity index (χ1v) is 11.7. The standard InChI is InChI=1S/C26H36N2O4/c1-3-31-23-15-11-21(12-16-23)25(29)27-19-9-7-5-6-8-10-20-28-26(30)22-13-17-24(18-14-22)32-4-2/h11-18H,3-10,19-20H2,1-2H3,(H,27,29)(H,28,30). The minimum Gasteiger partial charge on any atom is -0.494 e. The van der Waals surface area contributed by atoms with E-state index in [-0.39, 0.29) is 11.8 Å². The van der Waals surface area contributed by atoms with Gasteiger partial charge in [-0.05, 0) is 75.2 Å². The van der Waals surface area contributed by atoms with Crippen LogP contribution in [-0.4, -0.2) is 38.1 Å². The highest BCUT2D eigenvalue weighted by atomic mass is 16.5. The predicted molar refractivity (Wildman–Crippen MR) is 128 cm³/mol. The zero-order valence-corrected chi connectivity index (χ0v) is 19.3. The lowest BCUT2D eigenvalue weighted by molar-refractivity contribution is 0.0944. The lowest BCUT2D eigenvalue weighted by atomic mass is 10.1. The Morgan fingerprint density at radius 3 is 1.28 bits per heavy atom. The Hall–Kier alpha value is -3.02. The molecule has 0 saturated carbocycles. The molecule has 174 valence electrons. The molecule has 6 heteroatoms. The second-order valence-electron chi connectivity index (χ2n) is 7.55. The second kappa shape index (κ2) is 14.9. The van der Waals surface area contributed by atoms with Crippen LogP contribution in [0.3, 0.4) is 0 Å². The zero-order chi connectivity index (χ0) is 23.0. The number of benzene rings is 2. The molecule has 2 aromatic carbocycles. The molecular formula is C26H36N2O4. The Morgan fingerprint density at radius 1 is 0.594 bits per heavy atom. The summed E-state index contributed by atoms with van der Waals surface area (Å²) < 4.78 is 10.8. The van der Waals surface area contributed by atoms with Crippen LogP contribution in [0.15, 0.2) is 48.5 Å². The number of carbonyl (C=O) groups is 2. The highest BCUT2D eigenvalue weighted by Gasteiger charge is 2.06. The van der Waals surface area contributed by atoms with E-state index in [0.29, 0.717) is 37.4 Å². The fraction of sp³-hybridized carbons (Fsp3) is 0.462. The maximum absolute atomic E-state index is 12.1. The van der Waals surface area contributed by atoms with Gasteiger partial charge < -0.3 is 20.1 Å². The summed E-state index contributed by atoms with van der Waals surface area (Å²) in [6, 6.07) is 14.4. The molecule has 0 aliphatic heterocycles. The number of rotatable bonds is 15. The van der Waals surface area contributed by atoms with Gasteiger partial charge in [-0.15, -0.1) is 0 Å². The van der Waals surface area contributed by atoms with Crippen molar-refractivity contribution in [1.29, 1.82) is 0 Å². The van der Waals surface area contributed by atoms with Crippen molar-refractivity contribution >= 4 is 11.8 Å². The van der Waals surface area contributed by atoms with E-state index in [0.717, 1.165) is 50.0 Å². The third-order valence-corrected chi connectivity index (χ3v) is 5.03. The smallest absolute Gasteiger partial charge is 0.251 e. The van der Waals surface area contributed by atoms with Crippen LogP contribution < -0.4 is 20.1 Å². The maximum atomic E-state index is 12.1. The van der Waals surface area contributed by atoms with Crippen molar-refractivity contribution in [3.05, 3.63) is 59.7 Å². The van der Waals surface area contributed by atoms with E-state index in [2.05, 4.69) is 10.6 Å². The van der Waals surface area contributed by atoms with Crippen molar-refractivity contribution in [2.45, 2.75) is 52.4 Å². The van der Waals surface area contributed by atoms with Crippen LogP contribution in [0.5, 0.6) is 11.5 Å². The van der Waals surface area contributed by atoms with Crippen molar-refractivity contribution in [1.82, 2.24) is 10.6 Å². The van der Waals surface area contributed by atoms with Gasteiger partial charge in [0.15, 0.2) is 0 Å². The summed E-state index contributed by atoms with van der Waals surface area (Å²) in [5.41, 5.74) is 1.31. The van der Waals surface area contributed by atoms with Gasteiger partial charge in [0.05, 0.1) is 13.2 Å². The van der Waals surface area contributed by atoms with Crippen molar-refractivity contribution in [3.63, 3.8) is 0 Å². The number of carbonyl (C=O) groups excluding carboxylic acids is 2. The minimum atomic E-state index is -0.0451. The third kappa shape index (κ3) is 9.41. The highest BCUT2D eigenvalue weighted by molar-refractivity contribution is 5.94. The van der Waals surface area contributed by atoms with Crippen LogP contribution >= 0.6 is 0 Å². The summed E-state index contributed by atoms with van der Waals surface area (Å²) in [5, 5.41) is 5.93. The summed E-state index contributed by atoms with van der Waals surface area (Å²) in [6.07, 6.45) is 6.37. The SMILES string of the molecule is CCOc1ccc(C(=O)NCCCCCCCCNC(=O)c2ccc(OCC)cc2)cc1. The number of nitrogens with one attached hydrogen (secondary N) is 2. The van der Waals surface area contributed by atoms with Crippen LogP contribution in [0.4, 0.5) is 0 Å². The van der Waals surface area contributed by atoms with E-state index in [1.54, 1.807) is 24.3 Å². The van der Waals surface area contributed by atoms with Gasteiger partial charge in [-0.2, -0.15) is 0 Å². The molecule has 0 unspecified atom stereocenters. The molecule has 0 aliphatic rings. The van der Waals surface area contributed by atoms with E-state index in [9.17, 15) is 9.59 Å². The summed E-state index contributed by atoms with van der Waals surface area (Å²) >= 11 is 0. The average Bonchev–Trinajstić information content (AvgIpc) is 2.81. The van der Waals surface area contributed by atoms with Gasteiger partial charge in [-0.3, -0.25) is 9.59 Å². The quantitative estimate of drug-likeness (QED) is 0.383. The van der Waals surface area contributed by atoms with Crippen molar-refractivity contribution < 1.29 is 19.1 Å². The molecule has 32 heavy (non-hydrogen) atoms. The molecule has 2 N–H and O–H groups in total. The van der Waals surface area contributed by atoms with E-state index in [4.69, 9.17) is 9.47 Å². The average molecular weight is 441 g/mol. The Kier molecular flexibility index (Phi) is 11.7. The van der Waals surface area contributed by atoms with Gasteiger partial charge in [0.1, 0.15) is 11.5 Å². The molecule has 0 spiro atoms. The number of unbranched alkanes of at least 4 members (excludes halogenated alkanes) is 5. The molecule has 0 radical (unpaired) electrons. The second-order valence-corrected chi connectivity index (χ2v) is 7.55. The van der Waals surface area contributed by atoms with Gasteiger partial charge >= 0.3 is 0 Å². The first-order valence-electron chi connectivity index (χ1n) is 11.7. The fourth-order valence-corrected chi connectivity index (χ4v) is 3.30. The van der Waals surface area contributed by atoms with Crippen molar-refractivity contribution in [2.75, 3.05) is 26.3 Å². The largest absolute Gasteiger partial charge is 0.494 e. The molecule has 0 bridgehead atoms.